The van der Waals surface area contributed by atoms with E-state index in [9.17, 15) is 4.79 Å². The number of amides is 1. The van der Waals surface area contributed by atoms with Gasteiger partial charge in [-0.25, -0.2) is 0 Å². The molecule has 0 aromatic heterocycles. The van der Waals surface area contributed by atoms with E-state index >= 15 is 0 Å². The highest BCUT2D eigenvalue weighted by Gasteiger charge is 2.09. The molecule has 2 rings (SSSR count). The average molecular weight is 358 g/mol. The summed E-state index contributed by atoms with van der Waals surface area (Å²) in [6.45, 7) is 3.99. The first-order valence-electron chi connectivity index (χ1n) is 6.62. The summed E-state index contributed by atoms with van der Waals surface area (Å²) < 4.78 is 0. The SMILES string of the molecule is Cc1ccc(C)c(NC(=O)CNc2cc(Cl)c(Cl)cc2Cl)c1. The fraction of sp³-hybridized carbons (Fsp3) is 0.188. The largest absolute Gasteiger partial charge is 0.375 e. The van der Waals surface area contributed by atoms with Gasteiger partial charge in [0.15, 0.2) is 0 Å². The van der Waals surface area contributed by atoms with Crippen LogP contribution in [0.5, 0.6) is 0 Å². The van der Waals surface area contributed by atoms with Gasteiger partial charge in [0, 0.05) is 5.69 Å². The minimum Gasteiger partial charge on any atom is -0.375 e. The molecule has 0 heterocycles. The zero-order chi connectivity index (χ0) is 16.3. The van der Waals surface area contributed by atoms with Crippen LogP contribution in [-0.4, -0.2) is 12.5 Å². The highest BCUT2D eigenvalue weighted by Crippen LogP contribution is 2.32. The second-order valence-electron chi connectivity index (χ2n) is 4.97. The molecule has 0 bridgehead atoms. The smallest absolute Gasteiger partial charge is 0.243 e. The Morgan fingerprint density at radius 3 is 2.36 bits per heavy atom. The van der Waals surface area contributed by atoms with Crippen molar-refractivity contribution in [3.05, 3.63) is 56.5 Å². The van der Waals surface area contributed by atoms with Crippen molar-refractivity contribution in [3.63, 3.8) is 0 Å². The molecule has 0 aliphatic carbocycles. The molecule has 0 aliphatic heterocycles. The number of carbonyl (C=O) groups excluding carboxylic acids is 1. The normalized spacial score (nSPS) is 10.4. The van der Waals surface area contributed by atoms with Crippen LogP contribution >= 0.6 is 34.8 Å². The zero-order valence-corrected chi connectivity index (χ0v) is 14.4. The zero-order valence-electron chi connectivity index (χ0n) is 12.1. The first-order chi connectivity index (χ1) is 10.4. The minimum absolute atomic E-state index is 0.0745. The fourth-order valence-corrected chi connectivity index (χ4v) is 2.51. The van der Waals surface area contributed by atoms with E-state index in [0.717, 1.165) is 16.8 Å². The molecule has 0 saturated carbocycles. The van der Waals surface area contributed by atoms with Gasteiger partial charge in [0.2, 0.25) is 5.91 Å². The molecule has 22 heavy (non-hydrogen) atoms. The van der Waals surface area contributed by atoms with Crippen LogP contribution in [0.15, 0.2) is 30.3 Å². The first-order valence-corrected chi connectivity index (χ1v) is 7.75. The Balaban J connectivity index is 2.01. The number of aryl methyl sites for hydroxylation is 2. The van der Waals surface area contributed by atoms with Crippen molar-refractivity contribution in [1.82, 2.24) is 0 Å². The van der Waals surface area contributed by atoms with E-state index in [0.29, 0.717) is 20.8 Å². The quantitative estimate of drug-likeness (QED) is 0.728. The van der Waals surface area contributed by atoms with Crippen molar-refractivity contribution >= 4 is 52.1 Å². The van der Waals surface area contributed by atoms with Gasteiger partial charge >= 0.3 is 0 Å². The number of halogens is 3. The predicted molar refractivity (Wildman–Crippen MR) is 94.5 cm³/mol. The summed E-state index contributed by atoms with van der Waals surface area (Å²) in [4.78, 5) is 12.0. The van der Waals surface area contributed by atoms with Crippen LogP contribution in [0.2, 0.25) is 15.1 Å². The van der Waals surface area contributed by atoms with Gasteiger partial charge in [0.05, 0.1) is 27.3 Å². The molecule has 6 heteroatoms. The van der Waals surface area contributed by atoms with E-state index in [1.54, 1.807) is 6.07 Å². The standard InChI is InChI=1S/C16H15Cl3N2O/c1-9-3-4-10(2)14(5-9)21-16(22)8-20-15-7-12(18)11(17)6-13(15)19/h3-7,20H,8H2,1-2H3,(H,21,22). The van der Waals surface area contributed by atoms with Gasteiger partial charge in [-0.2, -0.15) is 0 Å². The van der Waals surface area contributed by atoms with E-state index in [1.165, 1.54) is 6.07 Å². The number of rotatable bonds is 4. The maximum atomic E-state index is 12.0. The second kappa shape index (κ2) is 7.23. The molecule has 2 aromatic rings. The number of carbonyl (C=O) groups is 1. The molecule has 2 N–H and O–H groups in total. The molecule has 0 radical (unpaired) electrons. The van der Waals surface area contributed by atoms with Crippen molar-refractivity contribution in [2.24, 2.45) is 0 Å². The van der Waals surface area contributed by atoms with Crippen molar-refractivity contribution in [2.75, 3.05) is 17.2 Å². The number of anilines is 2. The summed E-state index contributed by atoms with van der Waals surface area (Å²) in [5.74, 6) is -0.171. The summed E-state index contributed by atoms with van der Waals surface area (Å²) in [7, 11) is 0. The van der Waals surface area contributed by atoms with Crippen LogP contribution in [0.3, 0.4) is 0 Å². The molecule has 0 aliphatic rings. The van der Waals surface area contributed by atoms with Crippen LogP contribution in [-0.2, 0) is 4.79 Å². The number of hydrogen-bond acceptors (Lipinski definition) is 2. The van der Waals surface area contributed by atoms with Gasteiger partial charge in [-0.05, 0) is 43.2 Å². The van der Waals surface area contributed by atoms with Crippen LogP contribution in [0, 0.1) is 13.8 Å². The maximum Gasteiger partial charge on any atom is 0.243 e. The Morgan fingerprint density at radius 2 is 1.64 bits per heavy atom. The molecule has 0 spiro atoms. The topological polar surface area (TPSA) is 41.1 Å². The molecule has 0 atom stereocenters. The summed E-state index contributed by atoms with van der Waals surface area (Å²) >= 11 is 17.9. The number of nitrogens with one attached hydrogen (secondary N) is 2. The lowest BCUT2D eigenvalue weighted by atomic mass is 10.1. The van der Waals surface area contributed by atoms with Crippen molar-refractivity contribution in [1.29, 1.82) is 0 Å². The van der Waals surface area contributed by atoms with Gasteiger partial charge in [-0.3, -0.25) is 4.79 Å². The van der Waals surface area contributed by atoms with Crippen molar-refractivity contribution < 1.29 is 4.79 Å². The molecule has 2 aromatic carbocycles. The van der Waals surface area contributed by atoms with Crippen LogP contribution in [0.1, 0.15) is 11.1 Å². The molecular formula is C16H15Cl3N2O. The third-order valence-electron chi connectivity index (χ3n) is 3.12. The highest BCUT2D eigenvalue weighted by molar-refractivity contribution is 6.44. The Kier molecular flexibility index (Phi) is 5.57. The third-order valence-corrected chi connectivity index (χ3v) is 4.15. The van der Waals surface area contributed by atoms with Gasteiger partial charge in [0.25, 0.3) is 0 Å². The number of hydrogen-bond donors (Lipinski definition) is 2. The van der Waals surface area contributed by atoms with E-state index in [4.69, 9.17) is 34.8 Å². The van der Waals surface area contributed by atoms with Gasteiger partial charge in [-0.1, -0.05) is 46.9 Å². The molecule has 0 saturated heterocycles. The van der Waals surface area contributed by atoms with E-state index in [2.05, 4.69) is 10.6 Å². The van der Waals surface area contributed by atoms with Gasteiger partial charge in [0.1, 0.15) is 0 Å². The van der Waals surface area contributed by atoms with Crippen LogP contribution < -0.4 is 10.6 Å². The lowest BCUT2D eigenvalue weighted by Gasteiger charge is -2.12. The predicted octanol–water partition coefficient (Wildman–Crippen LogP) is 5.31. The molecule has 116 valence electrons. The molecule has 0 unspecified atom stereocenters. The van der Waals surface area contributed by atoms with Crippen LogP contribution in [0.4, 0.5) is 11.4 Å². The molecular weight excluding hydrogens is 343 g/mol. The summed E-state index contributed by atoms with van der Waals surface area (Å²) in [5.41, 5.74) is 3.45. The fourth-order valence-electron chi connectivity index (χ4n) is 1.90. The van der Waals surface area contributed by atoms with Gasteiger partial charge < -0.3 is 10.6 Å². The van der Waals surface area contributed by atoms with Gasteiger partial charge in [-0.15, -0.1) is 0 Å². The third kappa shape index (κ3) is 4.29. The van der Waals surface area contributed by atoms with Crippen LogP contribution in [0.25, 0.3) is 0 Å². The Bertz CT molecular complexity index is 717. The lowest BCUT2D eigenvalue weighted by molar-refractivity contribution is -0.114. The maximum absolute atomic E-state index is 12.0. The van der Waals surface area contributed by atoms with E-state index in [1.807, 2.05) is 32.0 Å². The minimum atomic E-state index is -0.171. The first kappa shape index (κ1) is 16.9. The van der Waals surface area contributed by atoms with E-state index in [-0.39, 0.29) is 12.5 Å². The Labute approximate surface area is 144 Å². The second-order valence-corrected chi connectivity index (χ2v) is 6.19. The molecule has 3 nitrogen and oxygen atoms in total. The molecule has 0 fully saturated rings. The van der Waals surface area contributed by atoms with Crippen molar-refractivity contribution in [2.45, 2.75) is 13.8 Å². The summed E-state index contributed by atoms with van der Waals surface area (Å²) in [5, 5.41) is 6.97. The Hall–Kier alpha value is -1.42. The summed E-state index contributed by atoms with van der Waals surface area (Å²) in [6, 6.07) is 9.03. The number of benzene rings is 2. The molecule has 1 amide bonds. The summed E-state index contributed by atoms with van der Waals surface area (Å²) in [6.07, 6.45) is 0. The monoisotopic (exact) mass is 356 g/mol. The lowest BCUT2D eigenvalue weighted by Crippen LogP contribution is -2.22. The van der Waals surface area contributed by atoms with Crippen molar-refractivity contribution in [3.8, 4) is 0 Å². The Morgan fingerprint density at radius 1 is 0.955 bits per heavy atom. The highest BCUT2D eigenvalue weighted by atomic mass is 35.5. The average Bonchev–Trinajstić information content (AvgIpc) is 2.45. The van der Waals surface area contributed by atoms with E-state index < -0.39 is 0 Å².